The van der Waals surface area contributed by atoms with E-state index in [0.717, 1.165) is 0 Å². The number of aromatic amines is 1. The van der Waals surface area contributed by atoms with Gasteiger partial charge in [-0.25, -0.2) is 5.10 Å². The summed E-state index contributed by atoms with van der Waals surface area (Å²) >= 11 is 2.73. The molecule has 0 saturated carbocycles. The maximum Gasteiger partial charge on any atom is 0.313 e. The summed E-state index contributed by atoms with van der Waals surface area (Å²) in [6.45, 7) is 1.90. The van der Waals surface area contributed by atoms with Crippen molar-refractivity contribution in [2.45, 2.75) is 16.7 Å². The first-order valence-corrected chi connectivity index (χ1v) is 5.35. The lowest BCUT2D eigenvalue weighted by Gasteiger charge is -2.04. The average molecular weight is 220 g/mol. The molecule has 1 aromatic heterocycles. The zero-order chi connectivity index (χ0) is 9.68. The van der Waals surface area contributed by atoms with Crippen LogP contribution in [0.3, 0.4) is 0 Å². The first-order valence-electron chi connectivity index (χ1n) is 3.42. The lowest BCUT2D eigenvalue weighted by Crippen LogP contribution is -2.02. The minimum atomic E-state index is -0.812. The number of aliphatic carboxylic acids is 1. The van der Waals surface area contributed by atoms with Crippen molar-refractivity contribution in [2.24, 2.45) is 0 Å². The largest absolute Gasteiger partial charge is 0.481 e. The van der Waals surface area contributed by atoms with Crippen LogP contribution in [0.25, 0.3) is 0 Å². The fraction of sp³-hybridized carbons (Fsp3) is 0.600. The van der Waals surface area contributed by atoms with Crippen molar-refractivity contribution < 1.29 is 9.90 Å². The van der Waals surface area contributed by atoms with Crippen molar-refractivity contribution in [3.63, 3.8) is 0 Å². The second kappa shape index (κ2) is 5.07. The minimum absolute atomic E-state index is 0.0930. The van der Waals surface area contributed by atoms with Crippen LogP contribution < -0.4 is 0 Å². The van der Waals surface area contributed by atoms with E-state index in [0.29, 0.717) is 5.16 Å². The van der Waals surface area contributed by atoms with Gasteiger partial charge in [-0.05, 0) is 17.4 Å². The van der Waals surface area contributed by atoms with Crippen LogP contribution in [0.2, 0.25) is 0 Å². The highest BCUT2D eigenvalue weighted by molar-refractivity contribution is 8.17. The third kappa shape index (κ3) is 4.13. The summed E-state index contributed by atoms with van der Waals surface area (Å²) in [6.07, 6.45) is 0. The van der Waals surface area contributed by atoms with Crippen LogP contribution in [0.4, 0.5) is 0 Å². The van der Waals surface area contributed by atoms with Gasteiger partial charge in [-0.2, -0.15) is 0 Å². The molecule has 8 heteroatoms. The predicted octanol–water partition coefficient (Wildman–Crippen LogP) is 0.456. The number of aromatic nitrogens is 4. The predicted molar refractivity (Wildman–Crippen MR) is 49.6 cm³/mol. The third-order valence-electron chi connectivity index (χ3n) is 1.05. The molecular formula is C5H8N4O2S2. The number of hydrogen-bond donors (Lipinski definition) is 2. The smallest absolute Gasteiger partial charge is 0.313 e. The summed E-state index contributed by atoms with van der Waals surface area (Å²) in [5, 5.41) is 22.1. The second-order valence-electron chi connectivity index (χ2n) is 2.10. The standard InChI is InChI=1S/C5H8N4O2S2/c1-3(12-2-4(10)11)13-5-6-8-9-7-5/h3H,2H2,1H3,(H,10,11)(H,6,7,8,9). The molecule has 1 heterocycles. The molecule has 0 amide bonds. The maximum absolute atomic E-state index is 10.2. The highest BCUT2D eigenvalue weighted by Gasteiger charge is 2.09. The molecule has 0 fully saturated rings. The van der Waals surface area contributed by atoms with Crippen molar-refractivity contribution in [3.05, 3.63) is 0 Å². The molecule has 1 atom stereocenters. The molecule has 0 spiro atoms. The molecule has 0 aliphatic rings. The van der Waals surface area contributed by atoms with Crippen LogP contribution in [-0.2, 0) is 4.79 Å². The third-order valence-corrected chi connectivity index (χ3v) is 3.35. The summed E-state index contributed by atoms with van der Waals surface area (Å²) < 4.78 is 0.117. The Morgan fingerprint density at radius 2 is 2.54 bits per heavy atom. The van der Waals surface area contributed by atoms with Gasteiger partial charge < -0.3 is 5.11 Å². The van der Waals surface area contributed by atoms with Crippen molar-refractivity contribution in [2.75, 3.05) is 5.75 Å². The van der Waals surface area contributed by atoms with Crippen LogP contribution in [-0.4, -0.2) is 42.0 Å². The fourth-order valence-corrected chi connectivity index (χ4v) is 2.20. The zero-order valence-corrected chi connectivity index (χ0v) is 8.43. The number of nitrogens with one attached hydrogen (secondary N) is 1. The number of carbonyl (C=O) groups is 1. The highest BCUT2D eigenvalue weighted by Crippen LogP contribution is 2.26. The second-order valence-corrected chi connectivity index (χ2v) is 5.05. The number of hydrogen-bond acceptors (Lipinski definition) is 6. The zero-order valence-electron chi connectivity index (χ0n) is 6.80. The topological polar surface area (TPSA) is 91.8 Å². The summed E-state index contributed by atoms with van der Waals surface area (Å²) in [5.41, 5.74) is 0. The quantitative estimate of drug-likeness (QED) is 0.550. The summed E-state index contributed by atoms with van der Waals surface area (Å²) in [6, 6.07) is 0. The van der Waals surface area contributed by atoms with Crippen molar-refractivity contribution in [1.82, 2.24) is 20.6 Å². The number of H-pyrrole nitrogens is 1. The van der Waals surface area contributed by atoms with E-state index in [1.807, 2.05) is 6.92 Å². The van der Waals surface area contributed by atoms with E-state index in [-0.39, 0.29) is 10.3 Å². The van der Waals surface area contributed by atoms with Crippen LogP contribution in [0.5, 0.6) is 0 Å². The Kier molecular flexibility index (Phi) is 4.03. The molecular weight excluding hydrogens is 212 g/mol. The van der Waals surface area contributed by atoms with E-state index < -0.39 is 5.97 Å². The average Bonchev–Trinajstić information content (AvgIpc) is 2.53. The number of thioether (sulfide) groups is 2. The molecule has 0 aliphatic carbocycles. The van der Waals surface area contributed by atoms with E-state index in [2.05, 4.69) is 20.6 Å². The first-order chi connectivity index (χ1) is 6.18. The molecule has 0 aromatic carbocycles. The monoisotopic (exact) mass is 220 g/mol. The summed E-state index contributed by atoms with van der Waals surface area (Å²) in [5.74, 6) is -0.719. The Morgan fingerprint density at radius 3 is 3.08 bits per heavy atom. The van der Waals surface area contributed by atoms with E-state index in [1.165, 1.54) is 23.5 Å². The molecule has 13 heavy (non-hydrogen) atoms. The molecule has 0 aliphatic heterocycles. The number of carboxylic acid groups (broad SMARTS) is 1. The summed E-state index contributed by atoms with van der Waals surface area (Å²) in [4.78, 5) is 10.2. The normalized spacial score (nSPS) is 12.7. The summed E-state index contributed by atoms with van der Waals surface area (Å²) in [7, 11) is 0. The van der Waals surface area contributed by atoms with Gasteiger partial charge in [0.25, 0.3) is 0 Å². The molecule has 0 bridgehead atoms. The van der Waals surface area contributed by atoms with Gasteiger partial charge >= 0.3 is 5.97 Å². The molecule has 2 N–H and O–H groups in total. The van der Waals surface area contributed by atoms with Crippen molar-refractivity contribution in [3.8, 4) is 0 Å². The van der Waals surface area contributed by atoms with E-state index in [1.54, 1.807) is 0 Å². The maximum atomic E-state index is 10.2. The van der Waals surface area contributed by atoms with Gasteiger partial charge in [-0.15, -0.1) is 16.9 Å². The van der Waals surface area contributed by atoms with Crippen molar-refractivity contribution in [1.29, 1.82) is 0 Å². The number of nitrogens with zero attached hydrogens (tertiary/aromatic N) is 3. The minimum Gasteiger partial charge on any atom is -0.481 e. The van der Waals surface area contributed by atoms with Crippen LogP contribution in [0.15, 0.2) is 5.16 Å². The Bertz CT molecular complexity index is 266. The van der Waals surface area contributed by atoms with Gasteiger partial charge in [0.15, 0.2) is 0 Å². The highest BCUT2D eigenvalue weighted by atomic mass is 32.2. The Hall–Kier alpha value is -0.760. The Balaban J connectivity index is 2.25. The SMILES string of the molecule is CC(SCC(=O)O)Sc1nnn[nH]1. The fourth-order valence-electron chi connectivity index (χ4n) is 0.580. The van der Waals surface area contributed by atoms with Crippen LogP contribution in [0.1, 0.15) is 6.92 Å². The van der Waals surface area contributed by atoms with Gasteiger partial charge in [0.05, 0.1) is 10.3 Å². The molecule has 0 saturated heterocycles. The van der Waals surface area contributed by atoms with Gasteiger partial charge in [-0.3, -0.25) is 4.79 Å². The first kappa shape index (κ1) is 10.3. The lowest BCUT2D eigenvalue weighted by atomic mass is 10.8. The van der Waals surface area contributed by atoms with Gasteiger partial charge in [-0.1, -0.05) is 11.8 Å². The molecule has 1 rings (SSSR count). The number of carboxylic acids is 1. The van der Waals surface area contributed by atoms with Gasteiger partial charge in [0.2, 0.25) is 5.16 Å². The van der Waals surface area contributed by atoms with Gasteiger partial charge in [0, 0.05) is 0 Å². The van der Waals surface area contributed by atoms with E-state index >= 15 is 0 Å². The number of rotatable bonds is 5. The molecule has 1 unspecified atom stereocenters. The Labute approximate surface area is 82.9 Å². The lowest BCUT2D eigenvalue weighted by molar-refractivity contribution is -0.133. The number of tetrazole rings is 1. The van der Waals surface area contributed by atoms with E-state index in [4.69, 9.17) is 5.11 Å². The van der Waals surface area contributed by atoms with Crippen molar-refractivity contribution >= 4 is 29.5 Å². The molecule has 1 aromatic rings. The molecule has 0 radical (unpaired) electrons. The molecule has 6 nitrogen and oxygen atoms in total. The Morgan fingerprint density at radius 1 is 1.77 bits per heavy atom. The van der Waals surface area contributed by atoms with Gasteiger partial charge in [0.1, 0.15) is 0 Å². The van der Waals surface area contributed by atoms with E-state index in [9.17, 15) is 4.79 Å². The van der Waals surface area contributed by atoms with Crippen LogP contribution in [0, 0.1) is 0 Å². The van der Waals surface area contributed by atoms with Crippen LogP contribution >= 0.6 is 23.5 Å². The molecule has 72 valence electrons.